The summed E-state index contributed by atoms with van der Waals surface area (Å²) in [6, 6.07) is 1.76. The number of anilines is 2. The number of hydrogen-bond acceptors (Lipinski definition) is 5. The molecule has 10 heteroatoms. The largest absolute Gasteiger partial charge is 0.417 e. The normalized spacial score (nSPS) is 11.3. The van der Waals surface area contributed by atoms with Gasteiger partial charge in [0.25, 0.3) is 0 Å². The standard InChI is InChI=1S/C12H6F5N5/c13-7-1-4(6(2-8(7)14)12(15,16)17)9-5(3-18)10(19)22-11(20)21-9/h1-2H,(H4,19,20,21,22). The minimum atomic E-state index is -5.01. The van der Waals surface area contributed by atoms with Crippen LogP contribution in [-0.4, -0.2) is 9.97 Å². The van der Waals surface area contributed by atoms with Gasteiger partial charge < -0.3 is 11.5 Å². The van der Waals surface area contributed by atoms with Crippen LogP contribution in [0.4, 0.5) is 33.7 Å². The molecule has 0 spiro atoms. The highest BCUT2D eigenvalue weighted by Gasteiger charge is 2.36. The number of aromatic nitrogens is 2. The minimum absolute atomic E-state index is 0.0275. The molecule has 1 aromatic heterocycles. The van der Waals surface area contributed by atoms with E-state index in [4.69, 9.17) is 16.7 Å². The first-order valence-corrected chi connectivity index (χ1v) is 5.54. The van der Waals surface area contributed by atoms with E-state index in [2.05, 4.69) is 9.97 Å². The highest BCUT2D eigenvalue weighted by molar-refractivity contribution is 5.75. The van der Waals surface area contributed by atoms with Crippen molar-refractivity contribution in [2.75, 3.05) is 11.5 Å². The maximum absolute atomic E-state index is 13.3. The van der Waals surface area contributed by atoms with E-state index >= 15 is 0 Å². The zero-order valence-electron chi connectivity index (χ0n) is 10.5. The Morgan fingerprint density at radius 3 is 2.18 bits per heavy atom. The van der Waals surface area contributed by atoms with Gasteiger partial charge in [0.2, 0.25) is 5.95 Å². The monoisotopic (exact) mass is 315 g/mol. The summed E-state index contributed by atoms with van der Waals surface area (Å²) >= 11 is 0. The molecule has 0 fully saturated rings. The van der Waals surface area contributed by atoms with Crippen molar-refractivity contribution in [3.8, 4) is 17.3 Å². The van der Waals surface area contributed by atoms with Gasteiger partial charge in [-0.15, -0.1) is 0 Å². The van der Waals surface area contributed by atoms with E-state index in [1.807, 2.05) is 0 Å². The quantitative estimate of drug-likeness (QED) is 0.787. The number of alkyl halides is 3. The number of halogens is 5. The van der Waals surface area contributed by atoms with Gasteiger partial charge in [-0.05, 0) is 12.1 Å². The molecule has 0 saturated carbocycles. The molecule has 0 unspecified atom stereocenters. The van der Waals surface area contributed by atoms with E-state index in [1.54, 1.807) is 0 Å². The Morgan fingerprint density at radius 2 is 1.64 bits per heavy atom. The van der Waals surface area contributed by atoms with Crippen LogP contribution in [-0.2, 0) is 6.18 Å². The lowest BCUT2D eigenvalue weighted by Gasteiger charge is -2.14. The van der Waals surface area contributed by atoms with E-state index in [1.165, 1.54) is 6.07 Å². The third-order valence-corrected chi connectivity index (χ3v) is 2.69. The molecule has 0 bridgehead atoms. The van der Waals surface area contributed by atoms with Gasteiger partial charge >= 0.3 is 6.18 Å². The van der Waals surface area contributed by atoms with Crippen molar-refractivity contribution in [3.05, 3.63) is 34.9 Å². The molecule has 0 aliphatic heterocycles. The summed E-state index contributed by atoms with van der Waals surface area (Å²) in [5.41, 5.74) is 7.16. The molecule has 0 atom stereocenters. The first-order valence-electron chi connectivity index (χ1n) is 5.54. The Kier molecular flexibility index (Phi) is 3.58. The molecule has 1 heterocycles. The highest BCUT2D eigenvalue weighted by Crippen LogP contribution is 2.39. The second kappa shape index (κ2) is 5.10. The number of nitrogen functional groups attached to an aromatic ring is 2. The molecule has 22 heavy (non-hydrogen) atoms. The number of nitriles is 1. The van der Waals surface area contributed by atoms with E-state index in [9.17, 15) is 22.0 Å². The molecule has 0 radical (unpaired) electrons. The van der Waals surface area contributed by atoms with Crippen LogP contribution in [0.1, 0.15) is 11.1 Å². The van der Waals surface area contributed by atoms with Crippen LogP contribution in [0.2, 0.25) is 0 Å². The second-order valence-electron chi connectivity index (χ2n) is 4.11. The van der Waals surface area contributed by atoms with Crippen molar-refractivity contribution in [2.45, 2.75) is 6.18 Å². The molecule has 114 valence electrons. The van der Waals surface area contributed by atoms with Gasteiger partial charge in [0.1, 0.15) is 17.5 Å². The van der Waals surface area contributed by atoms with Gasteiger partial charge in [-0.1, -0.05) is 0 Å². The average molecular weight is 315 g/mol. The van der Waals surface area contributed by atoms with Gasteiger partial charge in [-0.2, -0.15) is 23.4 Å². The molecule has 0 saturated heterocycles. The first-order chi connectivity index (χ1) is 10.1. The fraction of sp³-hybridized carbons (Fsp3) is 0.0833. The average Bonchev–Trinajstić information content (AvgIpc) is 2.39. The van der Waals surface area contributed by atoms with E-state index < -0.39 is 52.0 Å². The van der Waals surface area contributed by atoms with Crippen LogP contribution in [0.3, 0.4) is 0 Å². The predicted octanol–water partition coefficient (Wildman–Crippen LogP) is 2.48. The smallest absolute Gasteiger partial charge is 0.382 e. The van der Waals surface area contributed by atoms with Crippen LogP contribution in [0.25, 0.3) is 11.3 Å². The van der Waals surface area contributed by atoms with Crippen molar-refractivity contribution < 1.29 is 22.0 Å². The van der Waals surface area contributed by atoms with Crippen molar-refractivity contribution in [3.63, 3.8) is 0 Å². The molecule has 5 nitrogen and oxygen atoms in total. The minimum Gasteiger partial charge on any atom is -0.382 e. The summed E-state index contributed by atoms with van der Waals surface area (Å²) in [6.07, 6.45) is -5.01. The SMILES string of the molecule is N#Cc1c(N)nc(N)nc1-c1cc(F)c(F)cc1C(F)(F)F. The number of nitrogens with zero attached hydrogens (tertiary/aromatic N) is 3. The van der Waals surface area contributed by atoms with Crippen molar-refractivity contribution in [2.24, 2.45) is 0 Å². The van der Waals surface area contributed by atoms with Crippen LogP contribution < -0.4 is 11.5 Å². The number of nitrogens with two attached hydrogens (primary N) is 2. The highest BCUT2D eigenvalue weighted by atomic mass is 19.4. The van der Waals surface area contributed by atoms with E-state index in [-0.39, 0.29) is 12.1 Å². The lowest BCUT2D eigenvalue weighted by Crippen LogP contribution is -2.12. The van der Waals surface area contributed by atoms with Crippen LogP contribution in [0, 0.1) is 23.0 Å². The summed E-state index contributed by atoms with van der Waals surface area (Å²) in [4.78, 5) is 6.93. The fourth-order valence-electron chi connectivity index (χ4n) is 1.78. The number of benzene rings is 1. The summed E-state index contributed by atoms with van der Waals surface area (Å²) < 4.78 is 65.5. The van der Waals surface area contributed by atoms with Crippen molar-refractivity contribution >= 4 is 11.8 Å². The lowest BCUT2D eigenvalue weighted by molar-refractivity contribution is -0.137. The van der Waals surface area contributed by atoms with Crippen LogP contribution in [0.15, 0.2) is 12.1 Å². The van der Waals surface area contributed by atoms with Gasteiger partial charge in [-0.25, -0.2) is 13.8 Å². The Balaban J connectivity index is 2.90. The van der Waals surface area contributed by atoms with Gasteiger partial charge in [-0.3, -0.25) is 0 Å². The van der Waals surface area contributed by atoms with Crippen LogP contribution >= 0.6 is 0 Å². The zero-order valence-corrected chi connectivity index (χ0v) is 10.5. The van der Waals surface area contributed by atoms with E-state index in [0.29, 0.717) is 0 Å². The molecule has 2 rings (SSSR count). The Bertz CT molecular complexity index is 794. The molecular weight excluding hydrogens is 309 g/mol. The van der Waals surface area contributed by atoms with Crippen molar-refractivity contribution in [1.82, 2.24) is 9.97 Å². The van der Waals surface area contributed by atoms with Gasteiger partial charge in [0.15, 0.2) is 11.6 Å². The predicted molar refractivity (Wildman–Crippen MR) is 65.9 cm³/mol. The summed E-state index contributed by atoms with van der Waals surface area (Å²) in [7, 11) is 0. The number of hydrogen-bond donors (Lipinski definition) is 2. The molecule has 0 aliphatic rings. The first kappa shape index (κ1) is 15.4. The molecule has 2 aromatic rings. The third-order valence-electron chi connectivity index (χ3n) is 2.69. The second-order valence-corrected chi connectivity index (χ2v) is 4.11. The maximum atomic E-state index is 13.3. The lowest BCUT2D eigenvalue weighted by atomic mass is 10.00. The Morgan fingerprint density at radius 1 is 1.05 bits per heavy atom. The molecule has 0 aliphatic carbocycles. The summed E-state index contributed by atoms with van der Waals surface area (Å²) in [5.74, 6) is -4.21. The molecule has 4 N–H and O–H groups in total. The Hall–Kier alpha value is -2.96. The fourth-order valence-corrected chi connectivity index (χ4v) is 1.78. The summed E-state index contributed by atoms with van der Waals surface area (Å²) in [5, 5.41) is 8.97. The van der Waals surface area contributed by atoms with Gasteiger partial charge in [0.05, 0.1) is 11.3 Å². The van der Waals surface area contributed by atoms with Crippen molar-refractivity contribution in [1.29, 1.82) is 5.26 Å². The molecule has 1 aromatic carbocycles. The zero-order chi connectivity index (χ0) is 16.7. The molecule has 0 amide bonds. The van der Waals surface area contributed by atoms with E-state index in [0.717, 1.165) is 0 Å². The third kappa shape index (κ3) is 2.60. The Labute approximate surface area is 120 Å². The molecular formula is C12H6F5N5. The topological polar surface area (TPSA) is 102 Å². The number of rotatable bonds is 1. The summed E-state index contributed by atoms with van der Waals surface area (Å²) in [6.45, 7) is 0. The van der Waals surface area contributed by atoms with Gasteiger partial charge in [0, 0.05) is 5.56 Å². The maximum Gasteiger partial charge on any atom is 0.417 e. The van der Waals surface area contributed by atoms with Crippen LogP contribution in [0.5, 0.6) is 0 Å².